The van der Waals surface area contributed by atoms with Crippen LogP contribution < -0.4 is 0 Å². The zero-order chi connectivity index (χ0) is 9.26. The van der Waals surface area contributed by atoms with E-state index in [1.807, 2.05) is 6.07 Å². The van der Waals surface area contributed by atoms with Gasteiger partial charge in [0.2, 0.25) is 0 Å². The number of carbonyl (C=O) groups is 1. The highest BCUT2D eigenvalue weighted by molar-refractivity contribution is 7.19. The molecule has 0 unspecified atom stereocenters. The maximum Gasteiger partial charge on any atom is 0.125 e. The molecule has 1 aromatic carbocycles. The fourth-order valence-corrected chi connectivity index (χ4v) is 2.24. The topological polar surface area (TPSA) is 17.1 Å². The summed E-state index contributed by atoms with van der Waals surface area (Å²) in [5, 5.41) is 0.877. The first-order valence-electron chi connectivity index (χ1n) is 3.91. The van der Waals surface area contributed by atoms with Gasteiger partial charge in [0, 0.05) is 16.0 Å². The summed E-state index contributed by atoms with van der Waals surface area (Å²) in [7, 11) is 0. The number of carbonyl (C=O) groups excluding carboxylic acids is 1. The van der Waals surface area contributed by atoms with Crippen molar-refractivity contribution in [3.8, 4) is 0 Å². The van der Waals surface area contributed by atoms with E-state index in [4.69, 9.17) is 0 Å². The van der Waals surface area contributed by atoms with Crippen LogP contribution in [-0.2, 0) is 11.2 Å². The third-order valence-electron chi connectivity index (χ3n) is 1.81. The van der Waals surface area contributed by atoms with Crippen molar-refractivity contribution in [3.05, 3.63) is 35.0 Å². The standard InChI is InChI=1S/C10H7FOS/c11-8-1-2-10-7(5-8)6-9(13-10)3-4-12/h1-2,4-6H,3H2. The maximum atomic E-state index is 12.8. The second-order valence-electron chi connectivity index (χ2n) is 2.77. The molecule has 2 aromatic rings. The lowest BCUT2D eigenvalue weighted by molar-refractivity contribution is -0.107. The molecule has 0 saturated carbocycles. The number of halogens is 1. The van der Waals surface area contributed by atoms with Crippen LogP contribution in [0.5, 0.6) is 0 Å². The Morgan fingerprint density at radius 2 is 2.23 bits per heavy atom. The quantitative estimate of drug-likeness (QED) is 0.672. The van der Waals surface area contributed by atoms with Crippen molar-refractivity contribution < 1.29 is 9.18 Å². The Hall–Kier alpha value is -1.22. The number of thiophene rings is 1. The fraction of sp³-hybridized carbons (Fsp3) is 0.100. The molecule has 0 spiro atoms. The third-order valence-corrected chi connectivity index (χ3v) is 2.95. The highest BCUT2D eigenvalue weighted by Crippen LogP contribution is 2.26. The van der Waals surface area contributed by atoms with E-state index in [2.05, 4.69) is 0 Å². The monoisotopic (exact) mass is 194 g/mol. The van der Waals surface area contributed by atoms with Gasteiger partial charge in [-0.3, -0.25) is 0 Å². The molecule has 2 rings (SSSR count). The highest BCUT2D eigenvalue weighted by atomic mass is 32.1. The third kappa shape index (κ3) is 1.60. The Labute approximate surface area is 78.8 Å². The molecule has 0 aliphatic carbocycles. The van der Waals surface area contributed by atoms with Crippen molar-refractivity contribution >= 4 is 27.7 Å². The largest absolute Gasteiger partial charge is 0.303 e. The Morgan fingerprint density at radius 1 is 1.38 bits per heavy atom. The molecule has 0 N–H and O–H groups in total. The van der Waals surface area contributed by atoms with Crippen molar-refractivity contribution in [3.63, 3.8) is 0 Å². The molecule has 1 nitrogen and oxygen atoms in total. The van der Waals surface area contributed by atoms with Crippen LogP contribution in [0.25, 0.3) is 10.1 Å². The lowest BCUT2D eigenvalue weighted by atomic mass is 10.2. The number of hydrogen-bond acceptors (Lipinski definition) is 2. The Morgan fingerprint density at radius 3 is 3.00 bits per heavy atom. The van der Waals surface area contributed by atoms with Gasteiger partial charge >= 0.3 is 0 Å². The van der Waals surface area contributed by atoms with Crippen LogP contribution in [0.4, 0.5) is 4.39 Å². The van der Waals surface area contributed by atoms with E-state index in [1.165, 1.54) is 23.5 Å². The van der Waals surface area contributed by atoms with Gasteiger partial charge in [-0.1, -0.05) is 0 Å². The van der Waals surface area contributed by atoms with Gasteiger partial charge in [-0.25, -0.2) is 4.39 Å². The molecular formula is C10H7FOS. The van der Waals surface area contributed by atoms with E-state index in [9.17, 15) is 9.18 Å². The van der Waals surface area contributed by atoms with E-state index >= 15 is 0 Å². The van der Waals surface area contributed by atoms with Crippen molar-refractivity contribution in [1.82, 2.24) is 0 Å². The summed E-state index contributed by atoms with van der Waals surface area (Å²) in [6.45, 7) is 0. The summed E-state index contributed by atoms with van der Waals surface area (Å²) in [5.74, 6) is -0.233. The van der Waals surface area contributed by atoms with E-state index in [1.54, 1.807) is 6.07 Å². The first kappa shape index (κ1) is 8.38. The molecule has 3 heteroatoms. The van der Waals surface area contributed by atoms with Crippen LogP contribution in [0.1, 0.15) is 4.88 Å². The van der Waals surface area contributed by atoms with E-state index < -0.39 is 0 Å². The SMILES string of the molecule is O=CCc1cc2cc(F)ccc2s1. The number of fused-ring (bicyclic) bond motifs is 1. The van der Waals surface area contributed by atoms with Crippen molar-refractivity contribution in [1.29, 1.82) is 0 Å². The van der Waals surface area contributed by atoms with Gasteiger partial charge in [0.15, 0.2) is 0 Å². The van der Waals surface area contributed by atoms with Crippen LogP contribution in [0.2, 0.25) is 0 Å². The second kappa shape index (κ2) is 3.26. The normalized spacial score (nSPS) is 10.5. The van der Waals surface area contributed by atoms with Gasteiger partial charge in [-0.2, -0.15) is 0 Å². The van der Waals surface area contributed by atoms with Crippen molar-refractivity contribution in [2.24, 2.45) is 0 Å². The molecule has 0 saturated heterocycles. The van der Waals surface area contributed by atoms with E-state index in [-0.39, 0.29) is 5.82 Å². The molecule has 13 heavy (non-hydrogen) atoms. The minimum absolute atomic E-state index is 0.233. The zero-order valence-electron chi connectivity index (χ0n) is 6.79. The summed E-state index contributed by atoms with van der Waals surface area (Å²) in [5.41, 5.74) is 0. The summed E-state index contributed by atoms with van der Waals surface area (Å²) < 4.78 is 13.8. The zero-order valence-corrected chi connectivity index (χ0v) is 7.60. The lowest BCUT2D eigenvalue weighted by Gasteiger charge is -1.86. The Balaban J connectivity index is 2.55. The van der Waals surface area contributed by atoms with Crippen LogP contribution in [-0.4, -0.2) is 6.29 Å². The van der Waals surface area contributed by atoms with E-state index in [0.717, 1.165) is 21.2 Å². The highest BCUT2D eigenvalue weighted by Gasteiger charge is 2.01. The molecule has 1 aromatic heterocycles. The first-order valence-corrected chi connectivity index (χ1v) is 4.73. The number of rotatable bonds is 2. The molecule has 0 atom stereocenters. The molecule has 66 valence electrons. The molecule has 0 bridgehead atoms. The van der Waals surface area contributed by atoms with Gasteiger partial charge < -0.3 is 4.79 Å². The van der Waals surface area contributed by atoms with Gasteiger partial charge in [-0.05, 0) is 29.7 Å². The summed E-state index contributed by atoms with van der Waals surface area (Å²) in [6, 6.07) is 6.52. The molecule has 0 amide bonds. The molecule has 1 heterocycles. The average Bonchev–Trinajstić information content (AvgIpc) is 2.46. The van der Waals surface area contributed by atoms with Gasteiger partial charge in [0.1, 0.15) is 12.1 Å². The van der Waals surface area contributed by atoms with Crippen LogP contribution >= 0.6 is 11.3 Å². The molecule has 0 aliphatic heterocycles. The smallest absolute Gasteiger partial charge is 0.125 e. The molecular weight excluding hydrogens is 187 g/mol. The number of benzene rings is 1. The second-order valence-corrected chi connectivity index (χ2v) is 3.93. The van der Waals surface area contributed by atoms with Crippen molar-refractivity contribution in [2.75, 3.05) is 0 Å². The lowest BCUT2D eigenvalue weighted by Crippen LogP contribution is -1.76. The predicted molar refractivity (Wildman–Crippen MR) is 51.6 cm³/mol. The minimum Gasteiger partial charge on any atom is -0.303 e. The van der Waals surface area contributed by atoms with Crippen LogP contribution in [0.3, 0.4) is 0 Å². The van der Waals surface area contributed by atoms with E-state index in [0.29, 0.717) is 6.42 Å². The molecule has 0 radical (unpaired) electrons. The minimum atomic E-state index is -0.233. The molecule has 0 aliphatic rings. The van der Waals surface area contributed by atoms with Crippen molar-refractivity contribution in [2.45, 2.75) is 6.42 Å². The summed E-state index contributed by atoms with van der Waals surface area (Å²) in [6.07, 6.45) is 1.28. The number of hydrogen-bond donors (Lipinski definition) is 0. The first-order chi connectivity index (χ1) is 6.29. The predicted octanol–water partition coefficient (Wildman–Crippen LogP) is 2.78. The average molecular weight is 194 g/mol. The molecule has 0 fully saturated rings. The Bertz CT molecular complexity index is 447. The fourth-order valence-electron chi connectivity index (χ4n) is 1.25. The van der Waals surface area contributed by atoms with Crippen LogP contribution in [0.15, 0.2) is 24.3 Å². The Kier molecular flexibility index (Phi) is 2.10. The van der Waals surface area contributed by atoms with Crippen LogP contribution in [0, 0.1) is 5.82 Å². The summed E-state index contributed by atoms with van der Waals surface area (Å²) in [4.78, 5) is 11.2. The summed E-state index contributed by atoms with van der Waals surface area (Å²) >= 11 is 1.53. The number of aldehydes is 1. The van der Waals surface area contributed by atoms with Gasteiger partial charge in [-0.15, -0.1) is 11.3 Å². The maximum absolute atomic E-state index is 12.8. The van der Waals surface area contributed by atoms with Gasteiger partial charge in [0.25, 0.3) is 0 Å². The van der Waals surface area contributed by atoms with Gasteiger partial charge in [0.05, 0.1) is 0 Å².